The third kappa shape index (κ3) is 6.48. The maximum absolute atomic E-state index is 13.7. The zero-order valence-corrected chi connectivity index (χ0v) is 16.4. The van der Waals surface area contributed by atoms with Crippen molar-refractivity contribution in [1.29, 1.82) is 0 Å². The lowest BCUT2D eigenvalue weighted by molar-refractivity contribution is -0.115. The van der Waals surface area contributed by atoms with Gasteiger partial charge in [0, 0.05) is 25.1 Å². The number of halogens is 1. The molecular formula is C23H27FN2O3. The van der Waals surface area contributed by atoms with Gasteiger partial charge < -0.3 is 15.3 Å². The average Bonchev–Trinajstić information content (AvgIpc) is 2.70. The summed E-state index contributed by atoms with van der Waals surface area (Å²) in [6.07, 6.45) is 2.49. The van der Waals surface area contributed by atoms with Gasteiger partial charge in [0.05, 0.1) is 18.2 Å². The monoisotopic (exact) mass is 398 g/mol. The maximum atomic E-state index is 13.7. The largest absolute Gasteiger partial charge is 0.393 e. The summed E-state index contributed by atoms with van der Waals surface area (Å²) in [6, 6.07) is 13.1. The Balaban J connectivity index is 1.57. The Hall–Kier alpha value is -2.57. The number of ketones is 1. The first-order valence-corrected chi connectivity index (χ1v) is 10.1. The normalized spacial score (nSPS) is 15.2. The summed E-state index contributed by atoms with van der Waals surface area (Å²) in [5.74, 6) is -0.900. The van der Waals surface area contributed by atoms with E-state index < -0.39 is 5.82 Å². The number of amides is 1. The van der Waals surface area contributed by atoms with Crippen LogP contribution in [0.2, 0.25) is 0 Å². The summed E-state index contributed by atoms with van der Waals surface area (Å²) in [4.78, 5) is 27.3. The second-order valence-corrected chi connectivity index (χ2v) is 7.50. The summed E-state index contributed by atoms with van der Waals surface area (Å²) in [6.45, 7) is 2.47. The van der Waals surface area contributed by atoms with Gasteiger partial charge in [-0.05, 0) is 49.6 Å². The number of likely N-dealkylation sites (tertiary alicyclic amines) is 1. The molecule has 2 aromatic rings. The number of Topliss-reactive ketones (excluding diaryl/α,β-unsaturated/α-hetero) is 1. The number of benzene rings is 2. The van der Waals surface area contributed by atoms with Gasteiger partial charge >= 0.3 is 0 Å². The zero-order chi connectivity index (χ0) is 20.6. The van der Waals surface area contributed by atoms with Gasteiger partial charge in [-0.1, -0.05) is 30.3 Å². The molecule has 1 saturated heterocycles. The number of hydrogen-bond donors (Lipinski definition) is 2. The quantitative estimate of drug-likeness (QED) is 0.669. The standard InChI is InChI=1S/C23H27FN2O3/c24-18-8-9-20(22(28)7-4-12-26-13-10-19(27)11-14-26)21(16-18)25-23(29)15-17-5-2-1-3-6-17/h1-3,5-6,8-9,16,19,27H,4,7,10-15H2,(H,25,29). The topological polar surface area (TPSA) is 69.6 Å². The number of nitrogens with zero attached hydrogens (tertiary/aromatic N) is 1. The lowest BCUT2D eigenvalue weighted by atomic mass is 10.0. The van der Waals surface area contributed by atoms with Crippen molar-refractivity contribution in [2.75, 3.05) is 25.0 Å². The number of aliphatic hydroxyl groups is 1. The molecule has 29 heavy (non-hydrogen) atoms. The molecule has 0 radical (unpaired) electrons. The molecular weight excluding hydrogens is 371 g/mol. The molecule has 2 aromatic carbocycles. The summed E-state index contributed by atoms with van der Waals surface area (Å²) in [5, 5.41) is 12.2. The number of anilines is 1. The van der Waals surface area contributed by atoms with Crippen molar-refractivity contribution in [3.8, 4) is 0 Å². The van der Waals surface area contributed by atoms with Gasteiger partial charge in [-0.15, -0.1) is 0 Å². The lowest BCUT2D eigenvalue weighted by Gasteiger charge is -2.29. The fraction of sp³-hybridized carbons (Fsp3) is 0.391. The number of rotatable bonds is 8. The summed E-state index contributed by atoms with van der Waals surface area (Å²) in [7, 11) is 0. The Kier molecular flexibility index (Phi) is 7.49. The SMILES string of the molecule is O=C(Cc1ccccc1)Nc1cc(F)ccc1C(=O)CCCN1CCC(O)CC1. The molecule has 0 spiro atoms. The zero-order valence-electron chi connectivity index (χ0n) is 16.4. The van der Waals surface area contributed by atoms with E-state index >= 15 is 0 Å². The molecule has 1 fully saturated rings. The molecule has 6 heteroatoms. The molecule has 3 rings (SSSR count). The molecule has 1 amide bonds. The van der Waals surface area contributed by atoms with Crippen LogP contribution in [0, 0.1) is 5.82 Å². The van der Waals surface area contributed by atoms with Gasteiger partial charge in [0.2, 0.25) is 5.91 Å². The van der Waals surface area contributed by atoms with Crippen LogP contribution in [0.3, 0.4) is 0 Å². The fourth-order valence-electron chi connectivity index (χ4n) is 3.58. The highest BCUT2D eigenvalue weighted by molar-refractivity contribution is 6.05. The van der Waals surface area contributed by atoms with E-state index in [1.54, 1.807) is 0 Å². The van der Waals surface area contributed by atoms with Gasteiger partial charge in [0.25, 0.3) is 0 Å². The Bertz CT molecular complexity index is 833. The third-order valence-corrected chi connectivity index (χ3v) is 5.20. The van der Waals surface area contributed by atoms with E-state index in [4.69, 9.17) is 0 Å². The molecule has 0 atom stereocenters. The second kappa shape index (κ2) is 10.3. The first kappa shape index (κ1) is 21.1. The molecule has 0 aromatic heterocycles. The number of carbonyl (C=O) groups is 2. The minimum absolute atomic E-state index is 0.114. The first-order chi connectivity index (χ1) is 14.0. The van der Waals surface area contributed by atoms with E-state index in [0.717, 1.165) is 38.0 Å². The molecule has 154 valence electrons. The molecule has 1 aliphatic rings. The van der Waals surface area contributed by atoms with Crippen LogP contribution in [0.4, 0.5) is 10.1 Å². The fourth-order valence-corrected chi connectivity index (χ4v) is 3.58. The van der Waals surface area contributed by atoms with Crippen molar-refractivity contribution < 1.29 is 19.1 Å². The molecule has 5 nitrogen and oxygen atoms in total. The van der Waals surface area contributed by atoms with Crippen LogP contribution in [0.1, 0.15) is 41.6 Å². The van der Waals surface area contributed by atoms with Crippen LogP contribution in [0.15, 0.2) is 48.5 Å². The van der Waals surface area contributed by atoms with Gasteiger partial charge in [0.15, 0.2) is 5.78 Å². The van der Waals surface area contributed by atoms with Crippen molar-refractivity contribution in [2.45, 2.75) is 38.2 Å². The van der Waals surface area contributed by atoms with Gasteiger partial charge in [-0.3, -0.25) is 9.59 Å². The Morgan fingerprint density at radius 2 is 1.83 bits per heavy atom. The van der Waals surface area contributed by atoms with Gasteiger partial charge in [-0.2, -0.15) is 0 Å². The number of piperidine rings is 1. The van der Waals surface area contributed by atoms with Crippen molar-refractivity contribution in [2.24, 2.45) is 0 Å². The van der Waals surface area contributed by atoms with E-state index in [1.807, 2.05) is 30.3 Å². The van der Waals surface area contributed by atoms with Crippen LogP contribution in [0.25, 0.3) is 0 Å². The molecule has 2 N–H and O–H groups in total. The van der Waals surface area contributed by atoms with E-state index in [1.165, 1.54) is 18.2 Å². The number of nitrogens with one attached hydrogen (secondary N) is 1. The van der Waals surface area contributed by atoms with Gasteiger partial charge in [0.1, 0.15) is 5.82 Å². The smallest absolute Gasteiger partial charge is 0.228 e. The second-order valence-electron chi connectivity index (χ2n) is 7.50. The Morgan fingerprint density at radius 3 is 2.55 bits per heavy atom. The number of hydrogen-bond acceptors (Lipinski definition) is 4. The van der Waals surface area contributed by atoms with Crippen LogP contribution in [0.5, 0.6) is 0 Å². The number of aliphatic hydroxyl groups excluding tert-OH is 1. The molecule has 0 saturated carbocycles. The first-order valence-electron chi connectivity index (χ1n) is 10.1. The number of carbonyl (C=O) groups excluding carboxylic acids is 2. The van der Waals surface area contributed by atoms with E-state index in [2.05, 4.69) is 10.2 Å². The van der Waals surface area contributed by atoms with E-state index in [0.29, 0.717) is 18.4 Å². The Morgan fingerprint density at radius 1 is 1.10 bits per heavy atom. The van der Waals surface area contributed by atoms with E-state index in [9.17, 15) is 19.1 Å². The molecule has 0 unspecified atom stereocenters. The summed E-state index contributed by atoms with van der Waals surface area (Å²) < 4.78 is 13.7. The van der Waals surface area contributed by atoms with E-state index in [-0.39, 0.29) is 29.9 Å². The van der Waals surface area contributed by atoms with Crippen LogP contribution >= 0.6 is 0 Å². The third-order valence-electron chi connectivity index (χ3n) is 5.20. The average molecular weight is 398 g/mol. The molecule has 1 heterocycles. The predicted octanol–water partition coefficient (Wildman–Crippen LogP) is 3.43. The molecule has 0 bridgehead atoms. The van der Waals surface area contributed by atoms with Crippen molar-refractivity contribution in [1.82, 2.24) is 4.90 Å². The minimum Gasteiger partial charge on any atom is -0.393 e. The van der Waals surface area contributed by atoms with Crippen LogP contribution in [-0.4, -0.2) is 47.4 Å². The maximum Gasteiger partial charge on any atom is 0.228 e. The highest BCUT2D eigenvalue weighted by Crippen LogP contribution is 2.21. The highest BCUT2D eigenvalue weighted by atomic mass is 19.1. The minimum atomic E-state index is -0.497. The summed E-state index contributed by atoms with van der Waals surface area (Å²) in [5.41, 5.74) is 1.40. The molecule has 0 aliphatic carbocycles. The highest BCUT2D eigenvalue weighted by Gasteiger charge is 2.18. The molecule has 1 aliphatic heterocycles. The summed E-state index contributed by atoms with van der Waals surface area (Å²) >= 11 is 0. The predicted molar refractivity (Wildman–Crippen MR) is 110 cm³/mol. The van der Waals surface area contributed by atoms with Crippen LogP contribution < -0.4 is 5.32 Å². The van der Waals surface area contributed by atoms with Crippen molar-refractivity contribution in [3.63, 3.8) is 0 Å². The van der Waals surface area contributed by atoms with Crippen molar-refractivity contribution >= 4 is 17.4 Å². The van der Waals surface area contributed by atoms with Crippen molar-refractivity contribution in [3.05, 3.63) is 65.5 Å². The lowest BCUT2D eigenvalue weighted by Crippen LogP contribution is -2.36. The Labute approximate surface area is 170 Å². The van der Waals surface area contributed by atoms with Crippen LogP contribution in [-0.2, 0) is 11.2 Å². The van der Waals surface area contributed by atoms with Gasteiger partial charge in [-0.25, -0.2) is 4.39 Å².